The lowest BCUT2D eigenvalue weighted by Crippen LogP contribution is -2.22. The normalized spacial score (nSPS) is 13.1. The SMILES string of the molecule is CC(Nc1cccc(S(=O)(=O)N(C)C)c1)c1ccccc1. The molecule has 2 aromatic rings. The summed E-state index contributed by atoms with van der Waals surface area (Å²) in [5, 5.41) is 3.33. The van der Waals surface area contributed by atoms with Crippen LogP contribution in [0.15, 0.2) is 59.5 Å². The molecule has 0 saturated carbocycles. The van der Waals surface area contributed by atoms with Gasteiger partial charge < -0.3 is 5.32 Å². The van der Waals surface area contributed by atoms with Crippen molar-refractivity contribution in [2.75, 3.05) is 19.4 Å². The monoisotopic (exact) mass is 304 g/mol. The summed E-state index contributed by atoms with van der Waals surface area (Å²) in [7, 11) is -0.347. The van der Waals surface area contributed by atoms with Gasteiger partial charge in [-0.15, -0.1) is 0 Å². The van der Waals surface area contributed by atoms with E-state index in [4.69, 9.17) is 0 Å². The molecule has 0 aliphatic heterocycles. The predicted molar refractivity (Wildman–Crippen MR) is 85.8 cm³/mol. The highest BCUT2D eigenvalue weighted by Crippen LogP contribution is 2.22. The third-order valence-corrected chi connectivity index (χ3v) is 5.11. The molecule has 4 nitrogen and oxygen atoms in total. The van der Waals surface area contributed by atoms with Gasteiger partial charge in [-0.25, -0.2) is 12.7 Å². The van der Waals surface area contributed by atoms with E-state index in [9.17, 15) is 8.42 Å². The predicted octanol–water partition coefficient (Wildman–Crippen LogP) is 3.11. The molecule has 0 amide bonds. The van der Waals surface area contributed by atoms with Crippen molar-refractivity contribution in [3.05, 3.63) is 60.2 Å². The van der Waals surface area contributed by atoms with Gasteiger partial charge in [0.05, 0.1) is 4.90 Å². The van der Waals surface area contributed by atoms with Gasteiger partial charge in [-0.2, -0.15) is 0 Å². The first-order valence-electron chi connectivity index (χ1n) is 6.75. The van der Waals surface area contributed by atoms with Crippen molar-refractivity contribution in [3.8, 4) is 0 Å². The van der Waals surface area contributed by atoms with E-state index in [-0.39, 0.29) is 10.9 Å². The van der Waals surface area contributed by atoms with Gasteiger partial charge >= 0.3 is 0 Å². The van der Waals surface area contributed by atoms with Crippen molar-refractivity contribution in [3.63, 3.8) is 0 Å². The molecule has 21 heavy (non-hydrogen) atoms. The van der Waals surface area contributed by atoms with Crippen molar-refractivity contribution in [1.82, 2.24) is 4.31 Å². The van der Waals surface area contributed by atoms with Crippen LogP contribution in [0.25, 0.3) is 0 Å². The summed E-state index contributed by atoms with van der Waals surface area (Å²) in [6.07, 6.45) is 0. The zero-order valence-corrected chi connectivity index (χ0v) is 13.3. The fourth-order valence-electron chi connectivity index (χ4n) is 2.03. The Bertz CT molecular complexity index is 697. The maximum Gasteiger partial charge on any atom is 0.242 e. The van der Waals surface area contributed by atoms with Gasteiger partial charge in [0.1, 0.15) is 0 Å². The highest BCUT2D eigenvalue weighted by molar-refractivity contribution is 7.89. The molecule has 2 rings (SSSR count). The van der Waals surface area contributed by atoms with Crippen LogP contribution in [-0.4, -0.2) is 26.8 Å². The van der Waals surface area contributed by atoms with Crippen molar-refractivity contribution in [2.45, 2.75) is 17.9 Å². The van der Waals surface area contributed by atoms with Crippen LogP contribution in [0.1, 0.15) is 18.5 Å². The lowest BCUT2D eigenvalue weighted by atomic mass is 10.1. The zero-order valence-electron chi connectivity index (χ0n) is 12.4. The van der Waals surface area contributed by atoms with E-state index in [1.54, 1.807) is 18.2 Å². The minimum Gasteiger partial charge on any atom is -0.378 e. The number of rotatable bonds is 5. The number of sulfonamides is 1. The highest BCUT2D eigenvalue weighted by Gasteiger charge is 2.17. The molecule has 5 heteroatoms. The minimum absolute atomic E-state index is 0.100. The van der Waals surface area contributed by atoms with Gasteiger partial charge in [0.25, 0.3) is 0 Å². The van der Waals surface area contributed by atoms with Crippen LogP contribution in [0.4, 0.5) is 5.69 Å². The largest absolute Gasteiger partial charge is 0.378 e. The second-order valence-electron chi connectivity index (χ2n) is 5.09. The van der Waals surface area contributed by atoms with Gasteiger partial charge in [0, 0.05) is 25.8 Å². The first-order chi connectivity index (χ1) is 9.91. The number of nitrogens with one attached hydrogen (secondary N) is 1. The second-order valence-corrected chi connectivity index (χ2v) is 7.24. The summed E-state index contributed by atoms with van der Waals surface area (Å²) in [6.45, 7) is 2.04. The van der Waals surface area contributed by atoms with Crippen LogP contribution in [0.5, 0.6) is 0 Å². The number of hydrogen-bond acceptors (Lipinski definition) is 3. The van der Waals surface area contributed by atoms with Gasteiger partial charge in [-0.05, 0) is 30.7 Å². The lowest BCUT2D eigenvalue weighted by molar-refractivity contribution is 0.521. The second kappa shape index (κ2) is 6.28. The van der Waals surface area contributed by atoms with Crippen LogP contribution < -0.4 is 5.32 Å². The maximum absolute atomic E-state index is 12.1. The molecule has 0 aliphatic rings. The molecule has 0 saturated heterocycles. The van der Waals surface area contributed by atoms with Gasteiger partial charge in [-0.1, -0.05) is 36.4 Å². The fourth-order valence-corrected chi connectivity index (χ4v) is 2.98. The molecule has 0 fully saturated rings. The maximum atomic E-state index is 12.1. The lowest BCUT2D eigenvalue weighted by Gasteiger charge is -2.17. The molecule has 0 aliphatic carbocycles. The summed E-state index contributed by atoms with van der Waals surface area (Å²) >= 11 is 0. The Morgan fingerprint density at radius 3 is 2.29 bits per heavy atom. The third kappa shape index (κ3) is 3.62. The topological polar surface area (TPSA) is 49.4 Å². The molecule has 2 aromatic carbocycles. The summed E-state index contributed by atoms with van der Waals surface area (Å²) in [4.78, 5) is 0.290. The van der Waals surface area contributed by atoms with E-state index < -0.39 is 10.0 Å². The summed E-state index contributed by atoms with van der Waals surface area (Å²) in [6, 6.07) is 17.0. The van der Waals surface area contributed by atoms with E-state index in [1.807, 2.05) is 43.3 Å². The number of benzene rings is 2. The van der Waals surface area contributed by atoms with Crippen LogP contribution in [0.3, 0.4) is 0 Å². The van der Waals surface area contributed by atoms with E-state index in [0.717, 1.165) is 11.3 Å². The molecular weight excluding hydrogens is 284 g/mol. The summed E-state index contributed by atoms with van der Waals surface area (Å²) < 4.78 is 25.5. The van der Waals surface area contributed by atoms with Gasteiger partial charge in [-0.3, -0.25) is 0 Å². The summed E-state index contributed by atoms with van der Waals surface area (Å²) in [5.41, 5.74) is 1.94. The van der Waals surface area contributed by atoms with E-state index >= 15 is 0 Å². The van der Waals surface area contributed by atoms with E-state index in [0.29, 0.717) is 0 Å². The fraction of sp³-hybridized carbons (Fsp3) is 0.250. The Balaban J connectivity index is 2.23. The minimum atomic E-state index is -3.41. The Labute approximate surface area is 126 Å². The Kier molecular flexibility index (Phi) is 4.65. The van der Waals surface area contributed by atoms with Gasteiger partial charge in [0.2, 0.25) is 10.0 Å². The standard InChI is InChI=1S/C16H20N2O2S/c1-13(14-8-5-4-6-9-14)17-15-10-7-11-16(12-15)21(19,20)18(2)3/h4-13,17H,1-3H3. The molecule has 0 bridgehead atoms. The molecule has 1 atom stereocenters. The molecular formula is C16H20N2O2S. The van der Waals surface area contributed by atoms with Crippen LogP contribution in [0, 0.1) is 0 Å². The first kappa shape index (κ1) is 15.5. The van der Waals surface area contributed by atoms with Gasteiger partial charge in [0.15, 0.2) is 0 Å². The van der Waals surface area contributed by atoms with Crippen LogP contribution >= 0.6 is 0 Å². The molecule has 0 radical (unpaired) electrons. The van der Waals surface area contributed by atoms with Crippen molar-refractivity contribution in [2.24, 2.45) is 0 Å². The van der Waals surface area contributed by atoms with Crippen LogP contribution in [-0.2, 0) is 10.0 Å². The molecule has 1 N–H and O–H groups in total. The van der Waals surface area contributed by atoms with Crippen molar-refractivity contribution in [1.29, 1.82) is 0 Å². The number of anilines is 1. The quantitative estimate of drug-likeness (QED) is 0.923. The average molecular weight is 304 g/mol. The summed E-state index contributed by atoms with van der Waals surface area (Å²) in [5.74, 6) is 0. The first-order valence-corrected chi connectivity index (χ1v) is 8.19. The van der Waals surface area contributed by atoms with E-state index in [1.165, 1.54) is 18.4 Å². The van der Waals surface area contributed by atoms with Crippen LogP contribution in [0.2, 0.25) is 0 Å². The smallest absolute Gasteiger partial charge is 0.242 e. The van der Waals surface area contributed by atoms with E-state index in [2.05, 4.69) is 5.32 Å². The zero-order chi connectivity index (χ0) is 15.5. The molecule has 112 valence electrons. The Hall–Kier alpha value is -1.85. The van der Waals surface area contributed by atoms with Crippen molar-refractivity contribution >= 4 is 15.7 Å². The number of nitrogens with zero attached hydrogens (tertiary/aromatic N) is 1. The molecule has 0 spiro atoms. The molecule has 0 heterocycles. The average Bonchev–Trinajstić information content (AvgIpc) is 2.48. The molecule has 0 aromatic heterocycles. The molecule has 1 unspecified atom stereocenters. The number of hydrogen-bond donors (Lipinski definition) is 1. The highest BCUT2D eigenvalue weighted by atomic mass is 32.2. The Morgan fingerprint density at radius 2 is 1.67 bits per heavy atom. The Morgan fingerprint density at radius 1 is 1.00 bits per heavy atom. The third-order valence-electron chi connectivity index (χ3n) is 3.30. The van der Waals surface area contributed by atoms with Crippen molar-refractivity contribution < 1.29 is 8.42 Å².